The minimum absolute atomic E-state index is 0.332. The molecule has 1 saturated heterocycles. The zero-order valence-corrected chi connectivity index (χ0v) is 13.3. The Morgan fingerprint density at radius 2 is 1.65 bits per heavy atom. The monoisotopic (exact) mass is 322 g/mol. The van der Waals surface area contributed by atoms with Crippen LogP contribution < -0.4 is 0 Å². The zero-order valence-electron chi connectivity index (χ0n) is 13.3. The van der Waals surface area contributed by atoms with E-state index in [1.54, 1.807) is 12.1 Å². The largest absolute Gasteiger partial charge is 0.419 e. The first-order valence-electron chi connectivity index (χ1n) is 7.60. The lowest BCUT2D eigenvalue weighted by Crippen LogP contribution is -2.55. The summed E-state index contributed by atoms with van der Waals surface area (Å²) in [5, 5.41) is 0. The van der Waals surface area contributed by atoms with Gasteiger partial charge >= 0.3 is 11.9 Å². The lowest BCUT2D eigenvalue weighted by atomic mass is 9.72. The molecule has 5 nitrogen and oxygen atoms in total. The summed E-state index contributed by atoms with van der Waals surface area (Å²) in [4.78, 5) is 23.3. The zero-order chi connectivity index (χ0) is 16.9. The minimum atomic E-state index is -1.53. The SMILES string of the molecule is CC(=O)OC1(OC(C)=O)CCCC2(C)OC21c1ccc(F)cc1. The van der Waals surface area contributed by atoms with E-state index in [1.165, 1.54) is 26.0 Å². The number of fused-ring (bicyclic) bond motifs is 1. The first kappa shape index (κ1) is 15.9. The average molecular weight is 322 g/mol. The molecule has 6 heteroatoms. The van der Waals surface area contributed by atoms with Crippen molar-refractivity contribution in [3.63, 3.8) is 0 Å². The fourth-order valence-electron chi connectivity index (χ4n) is 3.85. The van der Waals surface area contributed by atoms with Gasteiger partial charge in [-0.15, -0.1) is 0 Å². The summed E-state index contributed by atoms with van der Waals surface area (Å²) in [7, 11) is 0. The predicted molar refractivity (Wildman–Crippen MR) is 77.7 cm³/mol. The Bertz CT molecular complexity index is 639. The van der Waals surface area contributed by atoms with Crippen LogP contribution in [-0.2, 0) is 29.4 Å². The summed E-state index contributed by atoms with van der Waals surface area (Å²) in [6.07, 6.45) is 1.74. The van der Waals surface area contributed by atoms with Crippen LogP contribution in [0.5, 0.6) is 0 Å². The van der Waals surface area contributed by atoms with E-state index in [2.05, 4.69) is 0 Å². The quantitative estimate of drug-likeness (QED) is 0.486. The Balaban J connectivity index is 2.13. The van der Waals surface area contributed by atoms with Crippen molar-refractivity contribution >= 4 is 11.9 Å². The van der Waals surface area contributed by atoms with Crippen molar-refractivity contribution in [3.8, 4) is 0 Å². The number of esters is 2. The van der Waals surface area contributed by atoms with Crippen molar-refractivity contribution in [2.24, 2.45) is 0 Å². The molecule has 1 saturated carbocycles. The third-order valence-electron chi connectivity index (χ3n) is 4.65. The normalized spacial score (nSPS) is 31.0. The molecule has 0 bridgehead atoms. The molecular formula is C17H19FO5. The first-order chi connectivity index (χ1) is 10.7. The Morgan fingerprint density at radius 3 is 2.17 bits per heavy atom. The third-order valence-corrected chi connectivity index (χ3v) is 4.65. The molecule has 1 aliphatic heterocycles. The molecule has 0 radical (unpaired) electrons. The molecule has 1 aromatic rings. The number of hydrogen-bond donors (Lipinski definition) is 0. The second kappa shape index (κ2) is 5.03. The van der Waals surface area contributed by atoms with Gasteiger partial charge in [0.2, 0.25) is 0 Å². The van der Waals surface area contributed by atoms with E-state index in [0.717, 1.165) is 6.42 Å². The van der Waals surface area contributed by atoms with Crippen molar-refractivity contribution in [3.05, 3.63) is 35.6 Å². The highest BCUT2D eigenvalue weighted by Gasteiger charge is 2.82. The van der Waals surface area contributed by atoms with Gasteiger partial charge in [0.05, 0.1) is 0 Å². The molecule has 1 aromatic carbocycles. The van der Waals surface area contributed by atoms with E-state index in [4.69, 9.17) is 14.2 Å². The standard InChI is InChI=1S/C17H19FO5/c1-11(19)21-16(22-12(2)20)10-4-9-15(3)17(16,23-15)13-5-7-14(18)8-6-13/h5-8H,4,9-10H2,1-3H3. The Morgan fingerprint density at radius 1 is 1.09 bits per heavy atom. The summed E-state index contributed by atoms with van der Waals surface area (Å²) < 4.78 is 30.3. The number of halogens is 1. The Kier molecular flexibility index (Phi) is 3.48. The molecule has 1 heterocycles. The molecule has 0 amide bonds. The maximum atomic E-state index is 13.3. The van der Waals surface area contributed by atoms with Gasteiger partial charge in [-0.05, 0) is 37.5 Å². The molecular weight excluding hydrogens is 303 g/mol. The summed E-state index contributed by atoms with van der Waals surface area (Å²) in [5.74, 6) is -3.04. The number of rotatable bonds is 3. The number of ether oxygens (including phenoxy) is 3. The van der Waals surface area contributed by atoms with Crippen LogP contribution in [0.1, 0.15) is 45.6 Å². The molecule has 0 spiro atoms. The van der Waals surface area contributed by atoms with Crippen LogP contribution in [0.2, 0.25) is 0 Å². The Labute approximate surface area is 133 Å². The topological polar surface area (TPSA) is 65.1 Å². The molecule has 2 fully saturated rings. The molecule has 23 heavy (non-hydrogen) atoms. The second-order valence-corrected chi connectivity index (χ2v) is 6.31. The number of carbonyl (C=O) groups excluding carboxylic acids is 2. The first-order valence-corrected chi connectivity index (χ1v) is 7.60. The molecule has 124 valence electrons. The summed E-state index contributed by atoms with van der Waals surface area (Å²) >= 11 is 0. The molecule has 0 aromatic heterocycles. The molecule has 3 rings (SSSR count). The summed E-state index contributed by atoms with van der Waals surface area (Å²) in [6.45, 7) is 4.41. The molecule has 2 atom stereocenters. The van der Waals surface area contributed by atoms with Crippen molar-refractivity contribution < 1.29 is 28.2 Å². The van der Waals surface area contributed by atoms with Crippen molar-refractivity contribution in [2.45, 2.75) is 57.0 Å². The number of hydrogen-bond acceptors (Lipinski definition) is 5. The fourth-order valence-corrected chi connectivity index (χ4v) is 3.85. The van der Waals surface area contributed by atoms with Crippen LogP contribution in [0.25, 0.3) is 0 Å². The van der Waals surface area contributed by atoms with Crippen LogP contribution >= 0.6 is 0 Å². The number of benzene rings is 1. The van der Waals surface area contributed by atoms with Gasteiger partial charge in [0.15, 0.2) is 5.60 Å². The van der Waals surface area contributed by atoms with Gasteiger partial charge in [-0.1, -0.05) is 12.1 Å². The van der Waals surface area contributed by atoms with Gasteiger partial charge in [0.1, 0.15) is 11.4 Å². The third kappa shape index (κ3) is 2.24. The van der Waals surface area contributed by atoms with E-state index in [1.807, 2.05) is 6.92 Å². The van der Waals surface area contributed by atoms with E-state index in [-0.39, 0.29) is 5.82 Å². The van der Waals surface area contributed by atoms with Gasteiger partial charge in [-0.3, -0.25) is 9.59 Å². The van der Waals surface area contributed by atoms with Crippen LogP contribution in [0.15, 0.2) is 24.3 Å². The lowest BCUT2D eigenvalue weighted by molar-refractivity contribution is -0.258. The van der Waals surface area contributed by atoms with E-state index < -0.39 is 28.9 Å². The maximum absolute atomic E-state index is 13.3. The fraction of sp³-hybridized carbons (Fsp3) is 0.529. The van der Waals surface area contributed by atoms with Crippen LogP contribution in [0.3, 0.4) is 0 Å². The minimum Gasteiger partial charge on any atom is -0.419 e. The van der Waals surface area contributed by atoms with E-state index >= 15 is 0 Å². The highest BCUT2D eigenvalue weighted by Crippen LogP contribution is 2.69. The summed E-state index contributed by atoms with van der Waals surface area (Å²) in [5.41, 5.74) is -1.11. The molecule has 0 N–H and O–H groups in total. The van der Waals surface area contributed by atoms with E-state index in [9.17, 15) is 14.0 Å². The predicted octanol–water partition coefficient (Wildman–Crippen LogP) is 2.82. The Hall–Kier alpha value is -1.95. The highest BCUT2D eigenvalue weighted by molar-refractivity contribution is 5.70. The van der Waals surface area contributed by atoms with Gasteiger partial charge in [0.25, 0.3) is 5.79 Å². The van der Waals surface area contributed by atoms with Gasteiger partial charge in [-0.25, -0.2) is 4.39 Å². The van der Waals surface area contributed by atoms with Gasteiger partial charge in [-0.2, -0.15) is 0 Å². The molecule has 2 aliphatic rings. The van der Waals surface area contributed by atoms with Gasteiger partial charge < -0.3 is 14.2 Å². The van der Waals surface area contributed by atoms with Crippen molar-refractivity contribution in [2.75, 3.05) is 0 Å². The van der Waals surface area contributed by atoms with Crippen LogP contribution in [0.4, 0.5) is 4.39 Å². The summed E-state index contributed by atoms with van der Waals surface area (Å²) in [6, 6.07) is 5.78. The molecule has 1 aliphatic carbocycles. The van der Waals surface area contributed by atoms with Crippen LogP contribution in [0, 0.1) is 5.82 Å². The molecule has 2 unspecified atom stereocenters. The number of epoxide rings is 1. The van der Waals surface area contributed by atoms with E-state index in [0.29, 0.717) is 18.4 Å². The maximum Gasteiger partial charge on any atom is 0.306 e. The highest BCUT2D eigenvalue weighted by atomic mass is 19.1. The smallest absolute Gasteiger partial charge is 0.306 e. The average Bonchev–Trinajstić information content (AvgIpc) is 3.07. The van der Waals surface area contributed by atoms with Crippen molar-refractivity contribution in [1.82, 2.24) is 0 Å². The number of carbonyl (C=O) groups is 2. The van der Waals surface area contributed by atoms with Gasteiger partial charge in [0, 0.05) is 20.3 Å². The van der Waals surface area contributed by atoms with Crippen LogP contribution in [-0.4, -0.2) is 23.3 Å². The lowest BCUT2D eigenvalue weighted by Gasteiger charge is -2.41. The second-order valence-electron chi connectivity index (χ2n) is 6.31. The van der Waals surface area contributed by atoms with Crippen molar-refractivity contribution in [1.29, 1.82) is 0 Å².